The van der Waals surface area contributed by atoms with Crippen molar-refractivity contribution in [3.05, 3.63) is 94.9 Å². The number of ether oxygens (including phenoxy) is 1. The molecule has 0 saturated carbocycles. The van der Waals surface area contributed by atoms with Crippen molar-refractivity contribution in [1.82, 2.24) is 5.32 Å². The van der Waals surface area contributed by atoms with Gasteiger partial charge in [0.1, 0.15) is 11.9 Å². The molecule has 0 bridgehead atoms. The molecular formula is C22H19NO4. The number of benzene rings is 2. The smallest absolute Gasteiger partial charge is 0.339 e. The lowest BCUT2D eigenvalue weighted by molar-refractivity contribution is 0.0252. The number of rotatable bonds is 4. The van der Waals surface area contributed by atoms with E-state index in [2.05, 4.69) is 5.32 Å². The van der Waals surface area contributed by atoms with Crippen LogP contribution < -0.4 is 5.32 Å². The van der Waals surface area contributed by atoms with Crippen LogP contribution in [0.15, 0.2) is 71.3 Å². The number of hydrogen-bond donors (Lipinski definition) is 1. The summed E-state index contributed by atoms with van der Waals surface area (Å²) in [5, 5.41) is 2.91. The van der Waals surface area contributed by atoms with Gasteiger partial charge in [-0.15, -0.1) is 0 Å². The molecular weight excluding hydrogens is 342 g/mol. The lowest BCUT2D eigenvalue weighted by Gasteiger charge is -2.25. The molecule has 3 aromatic rings. The number of furan rings is 1. The third-order valence-electron chi connectivity index (χ3n) is 4.73. The van der Waals surface area contributed by atoms with Crippen molar-refractivity contribution in [2.75, 3.05) is 0 Å². The molecule has 0 aliphatic carbocycles. The summed E-state index contributed by atoms with van der Waals surface area (Å²) in [6.07, 6.45) is 1.78. The van der Waals surface area contributed by atoms with Crippen molar-refractivity contribution in [3.63, 3.8) is 0 Å². The van der Waals surface area contributed by atoms with Crippen molar-refractivity contribution in [2.24, 2.45) is 0 Å². The van der Waals surface area contributed by atoms with E-state index in [4.69, 9.17) is 9.15 Å². The average molecular weight is 361 g/mol. The fourth-order valence-electron chi connectivity index (χ4n) is 3.28. The molecule has 0 fully saturated rings. The number of nitrogens with one attached hydrogen (secondary N) is 1. The van der Waals surface area contributed by atoms with Crippen molar-refractivity contribution < 1.29 is 18.7 Å². The van der Waals surface area contributed by atoms with E-state index in [1.54, 1.807) is 30.5 Å². The number of amides is 1. The van der Waals surface area contributed by atoms with Crippen LogP contribution in [0.4, 0.5) is 0 Å². The molecule has 2 aromatic carbocycles. The third kappa shape index (κ3) is 3.49. The Kier molecular flexibility index (Phi) is 4.50. The van der Waals surface area contributed by atoms with Gasteiger partial charge in [0.2, 0.25) is 0 Å². The fraction of sp³-hybridized carbons (Fsp3) is 0.182. The molecule has 1 aliphatic rings. The number of carbonyl (C=O) groups excluding carboxylic acids is 2. The number of hydrogen-bond acceptors (Lipinski definition) is 4. The summed E-state index contributed by atoms with van der Waals surface area (Å²) < 4.78 is 10.9. The highest BCUT2D eigenvalue weighted by Crippen LogP contribution is 2.31. The predicted molar refractivity (Wildman–Crippen MR) is 99.3 cm³/mol. The molecule has 5 heteroatoms. The zero-order valence-electron chi connectivity index (χ0n) is 14.8. The first-order chi connectivity index (χ1) is 13.1. The zero-order valence-corrected chi connectivity index (χ0v) is 14.8. The van der Waals surface area contributed by atoms with E-state index in [0.717, 1.165) is 11.1 Å². The van der Waals surface area contributed by atoms with Crippen LogP contribution in [-0.2, 0) is 11.2 Å². The van der Waals surface area contributed by atoms with Crippen LogP contribution in [0.1, 0.15) is 56.7 Å². The Balaban J connectivity index is 1.56. The lowest BCUT2D eigenvalue weighted by Crippen LogP contribution is -2.27. The maximum absolute atomic E-state index is 12.6. The monoisotopic (exact) mass is 361 g/mol. The molecule has 136 valence electrons. The minimum Gasteiger partial charge on any atom is -0.467 e. The maximum atomic E-state index is 12.6. The highest BCUT2D eigenvalue weighted by atomic mass is 16.5. The molecule has 0 saturated heterocycles. The molecule has 0 unspecified atom stereocenters. The van der Waals surface area contributed by atoms with Crippen LogP contribution in [0, 0.1) is 0 Å². The molecule has 2 heterocycles. The number of carbonyl (C=O) groups is 2. The molecule has 1 aromatic heterocycles. The molecule has 5 nitrogen and oxygen atoms in total. The van der Waals surface area contributed by atoms with Gasteiger partial charge in [-0.2, -0.15) is 0 Å². The summed E-state index contributed by atoms with van der Waals surface area (Å²) in [4.78, 5) is 24.9. The third-order valence-corrected chi connectivity index (χ3v) is 4.73. The molecule has 0 spiro atoms. The van der Waals surface area contributed by atoms with E-state index in [9.17, 15) is 9.59 Å². The van der Waals surface area contributed by atoms with E-state index in [0.29, 0.717) is 23.3 Å². The van der Waals surface area contributed by atoms with Crippen LogP contribution >= 0.6 is 0 Å². The number of fused-ring (bicyclic) bond motifs is 1. The van der Waals surface area contributed by atoms with Gasteiger partial charge < -0.3 is 14.5 Å². The van der Waals surface area contributed by atoms with Gasteiger partial charge in [0.25, 0.3) is 5.91 Å². The summed E-state index contributed by atoms with van der Waals surface area (Å²) in [5.74, 6) is 0.118. The Morgan fingerprint density at radius 2 is 1.93 bits per heavy atom. The first kappa shape index (κ1) is 17.1. The van der Waals surface area contributed by atoms with Crippen LogP contribution in [0.25, 0.3) is 0 Å². The second kappa shape index (κ2) is 7.11. The quantitative estimate of drug-likeness (QED) is 0.706. The molecule has 0 radical (unpaired) electrons. The summed E-state index contributed by atoms with van der Waals surface area (Å²) >= 11 is 0. The zero-order chi connectivity index (χ0) is 18.8. The van der Waals surface area contributed by atoms with Gasteiger partial charge in [-0.1, -0.05) is 30.3 Å². The normalized spacial score (nSPS) is 16.9. The van der Waals surface area contributed by atoms with Crippen LogP contribution in [0.3, 0.4) is 0 Å². The van der Waals surface area contributed by atoms with Gasteiger partial charge in [0.15, 0.2) is 0 Å². The first-order valence-electron chi connectivity index (χ1n) is 8.85. The standard InChI is InChI=1S/C22H19NO4/c1-14(19-8-5-11-26-19)23-21(24)16-9-10-18-17(12-16)13-20(27-22(18)25)15-6-3-2-4-7-15/h2-12,14,20H,13H2,1H3,(H,23,24)/t14-,20-/m1/s1. The Hall–Kier alpha value is -3.34. The highest BCUT2D eigenvalue weighted by molar-refractivity contribution is 5.98. The van der Waals surface area contributed by atoms with Crippen molar-refractivity contribution in [3.8, 4) is 0 Å². The van der Waals surface area contributed by atoms with Gasteiger partial charge in [-0.3, -0.25) is 4.79 Å². The largest absolute Gasteiger partial charge is 0.467 e. The lowest BCUT2D eigenvalue weighted by atomic mass is 9.93. The molecule has 1 amide bonds. The van der Waals surface area contributed by atoms with Gasteiger partial charge in [-0.05, 0) is 48.4 Å². The number of cyclic esters (lactones) is 1. The van der Waals surface area contributed by atoms with Crippen LogP contribution in [0.2, 0.25) is 0 Å². The van der Waals surface area contributed by atoms with Crippen molar-refractivity contribution >= 4 is 11.9 Å². The topological polar surface area (TPSA) is 68.5 Å². The SMILES string of the molecule is C[C@@H](NC(=O)c1ccc2c(c1)C[C@H](c1ccccc1)OC2=O)c1ccco1. The fourth-order valence-corrected chi connectivity index (χ4v) is 3.28. The first-order valence-corrected chi connectivity index (χ1v) is 8.85. The highest BCUT2D eigenvalue weighted by Gasteiger charge is 2.28. The van der Waals surface area contributed by atoms with E-state index in [1.165, 1.54) is 0 Å². The van der Waals surface area contributed by atoms with Gasteiger partial charge >= 0.3 is 5.97 Å². The van der Waals surface area contributed by atoms with E-state index in [-0.39, 0.29) is 24.0 Å². The summed E-state index contributed by atoms with van der Waals surface area (Å²) in [6.45, 7) is 1.86. The van der Waals surface area contributed by atoms with Gasteiger partial charge in [0.05, 0.1) is 17.9 Å². The summed E-state index contributed by atoms with van der Waals surface area (Å²) in [5.41, 5.74) is 2.78. The second-order valence-electron chi connectivity index (χ2n) is 6.59. The van der Waals surface area contributed by atoms with E-state index >= 15 is 0 Å². The summed E-state index contributed by atoms with van der Waals surface area (Å²) in [7, 11) is 0. The molecule has 1 aliphatic heterocycles. The molecule has 1 N–H and O–H groups in total. The van der Waals surface area contributed by atoms with Crippen LogP contribution in [-0.4, -0.2) is 11.9 Å². The van der Waals surface area contributed by atoms with Crippen molar-refractivity contribution in [2.45, 2.75) is 25.5 Å². The molecule has 4 rings (SSSR count). The van der Waals surface area contributed by atoms with E-state index < -0.39 is 0 Å². The predicted octanol–water partition coefficient (Wildman–Crippen LogP) is 4.22. The Labute approximate surface area is 157 Å². The minimum absolute atomic E-state index is 0.211. The Morgan fingerprint density at radius 1 is 1.11 bits per heavy atom. The average Bonchev–Trinajstić information content (AvgIpc) is 3.23. The molecule has 27 heavy (non-hydrogen) atoms. The van der Waals surface area contributed by atoms with Crippen LogP contribution in [0.5, 0.6) is 0 Å². The second-order valence-corrected chi connectivity index (χ2v) is 6.59. The van der Waals surface area contributed by atoms with Gasteiger partial charge in [0, 0.05) is 12.0 Å². The minimum atomic E-state index is -0.360. The van der Waals surface area contributed by atoms with Gasteiger partial charge in [-0.25, -0.2) is 4.79 Å². The maximum Gasteiger partial charge on any atom is 0.339 e. The number of esters is 1. The Bertz CT molecular complexity index is 963. The van der Waals surface area contributed by atoms with Crippen molar-refractivity contribution in [1.29, 1.82) is 0 Å². The van der Waals surface area contributed by atoms with E-state index in [1.807, 2.05) is 43.3 Å². The Morgan fingerprint density at radius 3 is 2.67 bits per heavy atom. The summed E-state index contributed by atoms with van der Waals surface area (Å²) in [6, 6.07) is 18.1. The molecule has 2 atom stereocenters.